The van der Waals surface area contributed by atoms with Crippen molar-refractivity contribution in [3.63, 3.8) is 0 Å². The van der Waals surface area contributed by atoms with Crippen molar-refractivity contribution in [1.29, 1.82) is 0 Å². The van der Waals surface area contributed by atoms with Gasteiger partial charge in [0.2, 0.25) is 5.91 Å². The summed E-state index contributed by atoms with van der Waals surface area (Å²) in [6.45, 7) is 6.39. The number of anilines is 1. The fourth-order valence-corrected chi connectivity index (χ4v) is 3.66. The minimum absolute atomic E-state index is 0.112. The molecule has 0 unspecified atom stereocenters. The van der Waals surface area contributed by atoms with E-state index in [1.807, 2.05) is 30.5 Å². The molecule has 2 N–H and O–H groups in total. The van der Waals surface area contributed by atoms with Gasteiger partial charge in [-0.15, -0.1) is 10.2 Å². The second kappa shape index (κ2) is 9.77. The summed E-state index contributed by atoms with van der Waals surface area (Å²) in [6.07, 6.45) is 1.62. The molecule has 3 rings (SSSR count). The summed E-state index contributed by atoms with van der Waals surface area (Å²) >= 11 is 7.27. The first-order valence-corrected chi connectivity index (χ1v) is 10.7. The van der Waals surface area contributed by atoms with Gasteiger partial charge >= 0.3 is 0 Å². The highest BCUT2D eigenvalue weighted by molar-refractivity contribution is 7.99. The van der Waals surface area contributed by atoms with Gasteiger partial charge in [0.1, 0.15) is 6.33 Å². The van der Waals surface area contributed by atoms with Crippen LogP contribution in [0.5, 0.6) is 0 Å². The van der Waals surface area contributed by atoms with Gasteiger partial charge in [0, 0.05) is 17.3 Å². The largest absolute Gasteiger partial charge is 0.352 e. The van der Waals surface area contributed by atoms with Crippen LogP contribution in [0.15, 0.2) is 47.9 Å². The average molecular weight is 444 g/mol. The van der Waals surface area contributed by atoms with E-state index in [0.29, 0.717) is 28.0 Å². The molecule has 0 atom stereocenters. The lowest BCUT2D eigenvalue weighted by Crippen LogP contribution is -2.25. The molecule has 1 aromatic heterocycles. The van der Waals surface area contributed by atoms with Crippen LogP contribution in [0.4, 0.5) is 5.69 Å². The van der Waals surface area contributed by atoms with Crippen LogP contribution in [0.1, 0.15) is 28.4 Å². The van der Waals surface area contributed by atoms with Crippen LogP contribution in [0.2, 0.25) is 5.02 Å². The summed E-state index contributed by atoms with van der Waals surface area (Å²) in [5, 5.41) is 14.6. The number of aromatic nitrogens is 3. The molecule has 0 radical (unpaired) electrons. The van der Waals surface area contributed by atoms with E-state index >= 15 is 0 Å². The fraction of sp³-hybridized carbons (Fsp3) is 0.238. The van der Waals surface area contributed by atoms with Crippen LogP contribution in [0.25, 0.3) is 5.69 Å². The van der Waals surface area contributed by atoms with Crippen molar-refractivity contribution in [1.82, 2.24) is 20.1 Å². The molecule has 0 aliphatic carbocycles. The SMILES string of the molecule is CCNC(=O)c1cc(Cl)ccc1NC(=O)CSc1nncn1-c1ccc(C)c(C)c1. The monoisotopic (exact) mass is 443 g/mol. The Morgan fingerprint density at radius 1 is 1.13 bits per heavy atom. The second-order valence-electron chi connectivity index (χ2n) is 6.64. The van der Waals surface area contributed by atoms with Gasteiger partial charge in [0.25, 0.3) is 5.91 Å². The third-order valence-corrected chi connectivity index (χ3v) is 5.63. The summed E-state index contributed by atoms with van der Waals surface area (Å²) in [6, 6.07) is 10.9. The lowest BCUT2D eigenvalue weighted by Gasteiger charge is -2.12. The molecule has 0 saturated heterocycles. The number of carbonyl (C=O) groups excluding carboxylic acids is 2. The minimum Gasteiger partial charge on any atom is -0.352 e. The molecule has 156 valence electrons. The Kier molecular flexibility index (Phi) is 7.12. The fourth-order valence-electron chi connectivity index (χ4n) is 2.76. The molecule has 0 fully saturated rings. The van der Waals surface area contributed by atoms with E-state index in [-0.39, 0.29) is 17.6 Å². The highest BCUT2D eigenvalue weighted by Crippen LogP contribution is 2.23. The van der Waals surface area contributed by atoms with Gasteiger partial charge < -0.3 is 10.6 Å². The van der Waals surface area contributed by atoms with E-state index in [0.717, 1.165) is 11.3 Å². The summed E-state index contributed by atoms with van der Waals surface area (Å²) in [4.78, 5) is 24.8. The van der Waals surface area contributed by atoms with Crippen molar-refractivity contribution < 1.29 is 9.59 Å². The molecule has 0 saturated carbocycles. The summed E-state index contributed by atoms with van der Waals surface area (Å²) in [5.74, 6) is -0.444. The number of rotatable bonds is 7. The first-order chi connectivity index (χ1) is 14.4. The number of amides is 2. The van der Waals surface area contributed by atoms with Crippen molar-refractivity contribution in [2.75, 3.05) is 17.6 Å². The van der Waals surface area contributed by atoms with Gasteiger partial charge in [0.15, 0.2) is 5.16 Å². The maximum absolute atomic E-state index is 12.5. The van der Waals surface area contributed by atoms with Crippen LogP contribution >= 0.6 is 23.4 Å². The lowest BCUT2D eigenvalue weighted by atomic mass is 10.1. The van der Waals surface area contributed by atoms with Crippen LogP contribution in [-0.4, -0.2) is 38.9 Å². The standard InChI is InChI=1S/C21H22ClN5O2S/c1-4-23-20(29)17-10-15(22)6-8-18(17)25-19(28)11-30-21-26-24-12-27(21)16-7-5-13(2)14(3)9-16/h5-10,12H,4,11H2,1-3H3,(H,23,29)(H,25,28). The van der Waals surface area contributed by atoms with E-state index in [1.54, 1.807) is 18.5 Å². The van der Waals surface area contributed by atoms with Crippen molar-refractivity contribution in [2.45, 2.75) is 25.9 Å². The van der Waals surface area contributed by atoms with Crippen molar-refractivity contribution in [3.8, 4) is 5.69 Å². The number of carbonyl (C=O) groups is 2. The molecular formula is C21H22ClN5O2S. The van der Waals surface area contributed by atoms with Gasteiger partial charge in [-0.2, -0.15) is 0 Å². The van der Waals surface area contributed by atoms with Gasteiger partial charge in [-0.1, -0.05) is 29.4 Å². The molecule has 0 bridgehead atoms. The number of halogens is 1. The number of hydrogen-bond donors (Lipinski definition) is 2. The zero-order valence-corrected chi connectivity index (χ0v) is 18.5. The van der Waals surface area contributed by atoms with Crippen LogP contribution < -0.4 is 10.6 Å². The highest BCUT2D eigenvalue weighted by Gasteiger charge is 2.15. The summed E-state index contributed by atoms with van der Waals surface area (Å²) < 4.78 is 1.84. The Balaban J connectivity index is 1.70. The maximum atomic E-state index is 12.5. The molecule has 9 heteroatoms. The van der Waals surface area contributed by atoms with Crippen LogP contribution in [0, 0.1) is 13.8 Å². The second-order valence-corrected chi connectivity index (χ2v) is 8.02. The smallest absolute Gasteiger partial charge is 0.253 e. The minimum atomic E-state index is -0.294. The van der Waals surface area contributed by atoms with Gasteiger partial charge in [-0.25, -0.2) is 0 Å². The van der Waals surface area contributed by atoms with Crippen molar-refractivity contribution >= 4 is 40.9 Å². The quantitative estimate of drug-likeness (QED) is 0.538. The van der Waals surface area contributed by atoms with E-state index < -0.39 is 0 Å². The molecule has 0 aliphatic heterocycles. The van der Waals surface area contributed by atoms with E-state index in [4.69, 9.17) is 11.6 Å². The third-order valence-electron chi connectivity index (χ3n) is 4.46. The number of nitrogens with one attached hydrogen (secondary N) is 2. The van der Waals surface area contributed by atoms with E-state index in [1.165, 1.54) is 23.4 Å². The number of aryl methyl sites for hydroxylation is 2. The summed E-state index contributed by atoms with van der Waals surface area (Å²) in [7, 11) is 0. The Bertz CT molecular complexity index is 1080. The maximum Gasteiger partial charge on any atom is 0.253 e. The molecule has 30 heavy (non-hydrogen) atoms. The zero-order chi connectivity index (χ0) is 21.7. The van der Waals surface area contributed by atoms with E-state index in [2.05, 4.69) is 33.8 Å². The van der Waals surface area contributed by atoms with Gasteiger partial charge in [0.05, 0.1) is 17.0 Å². The molecule has 0 aliphatic rings. The molecule has 0 spiro atoms. The number of hydrogen-bond acceptors (Lipinski definition) is 5. The summed E-state index contributed by atoms with van der Waals surface area (Å²) in [5.41, 5.74) is 4.02. The Labute approximate surface area is 184 Å². The zero-order valence-electron chi connectivity index (χ0n) is 16.9. The Morgan fingerprint density at radius 3 is 2.67 bits per heavy atom. The number of thioether (sulfide) groups is 1. The predicted molar refractivity (Wildman–Crippen MR) is 120 cm³/mol. The van der Waals surface area contributed by atoms with Gasteiger partial charge in [-0.3, -0.25) is 14.2 Å². The average Bonchev–Trinajstić information content (AvgIpc) is 3.18. The molecule has 3 aromatic rings. The van der Waals surface area contributed by atoms with E-state index in [9.17, 15) is 9.59 Å². The molecule has 1 heterocycles. The number of nitrogens with zero attached hydrogens (tertiary/aromatic N) is 3. The molecule has 2 aromatic carbocycles. The molecule has 7 nitrogen and oxygen atoms in total. The third kappa shape index (κ3) is 5.20. The Hall–Kier alpha value is -2.84. The number of benzene rings is 2. The predicted octanol–water partition coefficient (Wildman–Crippen LogP) is 4.02. The van der Waals surface area contributed by atoms with Gasteiger partial charge in [-0.05, 0) is 62.2 Å². The highest BCUT2D eigenvalue weighted by atomic mass is 35.5. The Morgan fingerprint density at radius 2 is 1.93 bits per heavy atom. The first kappa shape index (κ1) is 21.9. The normalized spacial score (nSPS) is 10.7. The van der Waals surface area contributed by atoms with Crippen LogP contribution in [-0.2, 0) is 4.79 Å². The topological polar surface area (TPSA) is 88.9 Å². The van der Waals surface area contributed by atoms with Crippen LogP contribution in [0.3, 0.4) is 0 Å². The molecular weight excluding hydrogens is 422 g/mol. The molecule has 2 amide bonds. The van der Waals surface area contributed by atoms with Crippen molar-refractivity contribution in [2.24, 2.45) is 0 Å². The lowest BCUT2D eigenvalue weighted by molar-refractivity contribution is -0.113. The van der Waals surface area contributed by atoms with Crippen molar-refractivity contribution in [3.05, 3.63) is 64.4 Å². The first-order valence-electron chi connectivity index (χ1n) is 9.37.